The minimum atomic E-state index is -0.660. The third kappa shape index (κ3) is 3.38. The molecule has 0 amide bonds. The van der Waals surface area contributed by atoms with Gasteiger partial charge in [-0.2, -0.15) is 0 Å². The number of esters is 2. The summed E-state index contributed by atoms with van der Waals surface area (Å²) in [5, 5.41) is 0. The Labute approximate surface area is 140 Å². The van der Waals surface area contributed by atoms with Crippen LogP contribution >= 0.6 is 0 Å². The number of carbonyl (C=O) groups excluding carboxylic acids is 2. The normalized spacial score (nSPS) is 20.0. The Morgan fingerprint density at radius 1 is 1.04 bits per heavy atom. The summed E-state index contributed by atoms with van der Waals surface area (Å²) in [5.41, 5.74) is 1.74. The van der Waals surface area contributed by atoms with Gasteiger partial charge in [0.15, 0.2) is 0 Å². The average Bonchev–Trinajstić information content (AvgIpc) is 2.64. The number of benzene rings is 2. The fourth-order valence-corrected chi connectivity index (χ4v) is 2.85. The van der Waals surface area contributed by atoms with Gasteiger partial charge in [-0.25, -0.2) is 0 Å². The molecule has 1 heterocycles. The zero-order valence-corrected chi connectivity index (χ0v) is 13.3. The molecule has 0 saturated carbocycles. The van der Waals surface area contributed by atoms with E-state index >= 15 is 0 Å². The van der Waals surface area contributed by atoms with Gasteiger partial charge < -0.3 is 9.47 Å². The third-order valence-electron chi connectivity index (χ3n) is 4.11. The Balaban J connectivity index is 1.93. The van der Waals surface area contributed by atoms with E-state index in [2.05, 4.69) is 0 Å². The van der Waals surface area contributed by atoms with Crippen molar-refractivity contribution in [3.8, 4) is 0 Å². The van der Waals surface area contributed by atoms with Crippen molar-refractivity contribution >= 4 is 17.7 Å². The predicted octanol–water partition coefficient (Wildman–Crippen LogP) is 3.23. The first-order valence-electron chi connectivity index (χ1n) is 7.79. The molecule has 0 saturated heterocycles. The second kappa shape index (κ2) is 7.13. The molecule has 0 aliphatic carbocycles. The molecule has 0 N–H and O–H groups in total. The zero-order chi connectivity index (χ0) is 16.9. The lowest BCUT2D eigenvalue weighted by atomic mass is 9.84. The Bertz CT molecular complexity index is 750. The lowest BCUT2D eigenvalue weighted by Crippen LogP contribution is -2.35. The molecule has 0 aromatic heterocycles. The minimum Gasteiger partial charge on any atom is -0.469 e. The van der Waals surface area contributed by atoms with Crippen molar-refractivity contribution in [2.75, 3.05) is 7.11 Å². The van der Waals surface area contributed by atoms with Crippen LogP contribution in [0.1, 0.15) is 11.1 Å². The van der Waals surface area contributed by atoms with E-state index in [1.54, 1.807) is 6.08 Å². The highest BCUT2D eigenvalue weighted by Crippen LogP contribution is 2.32. The van der Waals surface area contributed by atoms with Crippen LogP contribution in [0.5, 0.6) is 0 Å². The van der Waals surface area contributed by atoms with Crippen molar-refractivity contribution in [2.45, 2.75) is 6.42 Å². The molecule has 122 valence electrons. The van der Waals surface area contributed by atoms with Crippen LogP contribution in [0.2, 0.25) is 0 Å². The SMILES string of the molecule is COC(=O)[C@@H]1C=C(c2ccccc2)OC(=O)[C@@H]1Cc1ccccc1. The molecule has 1 aliphatic heterocycles. The Morgan fingerprint density at radius 3 is 2.29 bits per heavy atom. The molecule has 4 nitrogen and oxygen atoms in total. The van der Waals surface area contributed by atoms with Gasteiger partial charge in [-0.1, -0.05) is 60.7 Å². The Hall–Kier alpha value is -2.88. The molecule has 0 fully saturated rings. The lowest BCUT2D eigenvalue weighted by molar-refractivity contribution is -0.155. The number of cyclic esters (lactones) is 1. The van der Waals surface area contributed by atoms with Crippen molar-refractivity contribution in [2.24, 2.45) is 11.8 Å². The quantitative estimate of drug-likeness (QED) is 0.811. The summed E-state index contributed by atoms with van der Waals surface area (Å²) in [7, 11) is 1.33. The van der Waals surface area contributed by atoms with Crippen LogP contribution in [0, 0.1) is 11.8 Å². The maximum absolute atomic E-state index is 12.5. The molecule has 0 bridgehead atoms. The summed E-state index contributed by atoms with van der Waals surface area (Å²) in [6, 6.07) is 18.8. The molecule has 0 spiro atoms. The summed E-state index contributed by atoms with van der Waals surface area (Å²) in [6.07, 6.45) is 2.12. The van der Waals surface area contributed by atoms with E-state index in [9.17, 15) is 9.59 Å². The molecular formula is C20H18O4. The molecule has 4 heteroatoms. The smallest absolute Gasteiger partial charge is 0.315 e. The van der Waals surface area contributed by atoms with Gasteiger partial charge in [-0.15, -0.1) is 0 Å². The number of rotatable bonds is 4. The highest BCUT2D eigenvalue weighted by Gasteiger charge is 2.39. The van der Waals surface area contributed by atoms with Crippen LogP contribution in [0.3, 0.4) is 0 Å². The van der Waals surface area contributed by atoms with Gasteiger partial charge in [0, 0.05) is 5.56 Å². The van der Waals surface area contributed by atoms with E-state index < -0.39 is 23.8 Å². The first-order chi connectivity index (χ1) is 11.7. The molecule has 24 heavy (non-hydrogen) atoms. The Morgan fingerprint density at radius 2 is 1.67 bits per heavy atom. The molecule has 2 aromatic rings. The first-order valence-corrected chi connectivity index (χ1v) is 7.79. The molecule has 2 aromatic carbocycles. The minimum absolute atomic E-state index is 0.403. The molecule has 1 aliphatic rings. The van der Waals surface area contributed by atoms with Crippen LogP contribution < -0.4 is 0 Å². The number of carbonyl (C=O) groups is 2. The number of methoxy groups -OCH3 is 1. The maximum Gasteiger partial charge on any atom is 0.315 e. The molecule has 0 radical (unpaired) electrons. The van der Waals surface area contributed by atoms with Crippen molar-refractivity contribution in [1.82, 2.24) is 0 Å². The van der Waals surface area contributed by atoms with Crippen LogP contribution in [0.25, 0.3) is 5.76 Å². The monoisotopic (exact) mass is 322 g/mol. The van der Waals surface area contributed by atoms with Gasteiger partial charge in [0.1, 0.15) is 5.76 Å². The van der Waals surface area contributed by atoms with Gasteiger partial charge in [-0.3, -0.25) is 9.59 Å². The standard InChI is InChI=1S/C20H18O4/c1-23-19(21)17-13-18(15-10-6-3-7-11-15)24-20(22)16(17)12-14-8-4-2-5-9-14/h2-11,13,16-17H,12H2,1H3/t16-,17-/m1/s1. The molecule has 2 atom stereocenters. The van der Waals surface area contributed by atoms with Gasteiger partial charge in [0.25, 0.3) is 0 Å². The highest BCUT2D eigenvalue weighted by molar-refractivity contribution is 5.90. The van der Waals surface area contributed by atoms with E-state index in [4.69, 9.17) is 9.47 Å². The van der Waals surface area contributed by atoms with Crippen molar-refractivity contribution in [3.05, 3.63) is 77.9 Å². The number of ether oxygens (including phenoxy) is 2. The number of hydrogen-bond acceptors (Lipinski definition) is 4. The maximum atomic E-state index is 12.5. The van der Waals surface area contributed by atoms with Crippen LogP contribution in [-0.2, 0) is 25.5 Å². The van der Waals surface area contributed by atoms with E-state index in [1.165, 1.54) is 7.11 Å². The predicted molar refractivity (Wildman–Crippen MR) is 89.7 cm³/mol. The Kier molecular flexibility index (Phi) is 4.75. The zero-order valence-electron chi connectivity index (χ0n) is 13.3. The van der Waals surface area contributed by atoms with E-state index in [1.807, 2.05) is 60.7 Å². The van der Waals surface area contributed by atoms with E-state index in [-0.39, 0.29) is 0 Å². The second-order valence-corrected chi connectivity index (χ2v) is 5.66. The fraction of sp³-hybridized carbons (Fsp3) is 0.200. The van der Waals surface area contributed by atoms with Crippen LogP contribution in [-0.4, -0.2) is 19.0 Å². The lowest BCUT2D eigenvalue weighted by Gasteiger charge is -2.27. The van der Waals surface area contributed by atoms with Gasteiger partial charge in [-0.05, 0) is 18.1 Å². The first kappa shape index (κ1) is 16.0. The number of hydrogen-bond donors (Lipinski definition) is 0. The summed E-state index contributed by atoms with van der Waals surface area (Å²) in [5.74, 6) is -1.68. The van der Waals surface area contributed by atoms with Gasteiger partial charge in [0.2, 0.25) is 0 Å². The molecule has 3 rings (SSSR count). The fourth-order valence-electron chi connectivity index (χ4n) is 2.85. The summed E-state index contributed by atoms with van der Waals surface area (Å²) >= 11 is 0. The van der Waals surface area contributed by atoms with Crippen molar-refractivity contribution in [3.63, 3.8) is 0 Å². The van der Waals surface area contributed by atoms with Gasteiger partial charge in [0.05, 0.1) is 18.9 Å². The topological polar surface area (TPSA) is 52.6 Å². The van der Waals surface area contributed by atoms with E-state index in [0.29, 0.717) is 12.2 Å². The molecule has 0 unspecified atom stereocenters. The van der Waals surface area contributed by atoms with Crippen molar-refractivity contribution in [1.29, 1.82) is 0 Å². The summed E-state index contributed by atoms with van der Waals surface area (Å²) in [6.45, 7) is 0. The largest absolute Gasteiger partial charge is 0.469 e. The van der Waals surface area contributed by atoms with E-state index in [0.717, 1.165) is 11.1 Å². The van der Waals surface area contributed by atoms with Gasteiger partial charge >= 0.3 is 11.9 Å². The van der Waals surface area contributed by atoms with Crippen LogP contribution in [0.15, 0.2) is 66.7 Å². The average molecular weight is 322 g/mol. The summed E-state index contributed by atoms with van der Waals surface area (Å²) in [4.78, 5) is 24.8. The highest BCUT2D eigenvalue weighted by atomic mass is 16.5. The molecular weight excluding hydrogens is 304 g/mol. The van der Waals surface area contributed by atoms with Crippen LogP contribution in [0.4, 0.5) is 0 Å². The summed E-state index contributed by atoms with van der Waals surface area (Å²) < 4.78 is 10.4. The second-order valence-electron chi connectivity index (χ2n) is 5.66. The van der Waals surface area contributed by atoms with Crippen molar-refractivity contribution < 1.29 is 19.1 Å². The third-order valence-corrected chi connectivity index (χ3v) is 4.11.